The van der Waals surface area contributed by atoms with Gasteiger partial charge in [0.1, 0.15) is 5.75 Å². The number of carboxylic acids is 1. The molecule has 4 heteroatoms. The number of carbonyl (C=O) groups is 1. The molecule has 0 amide bonds. The van der Waals surface area contributed by atoms with Crippen molar-refractivity contribution in [2.24, 2.45) is 5.92 Å². The van der Waals surface area contributed by atoms with E-state index in [4.69, 9.17) is 9.84 Å². The van der Waals surface area contributed by atoms with Gasteiger partial charge >= 0.3 is 5.97 Å². The SMILES string of the molecule is CCCC(C(=O)O)C(O)c1ccccc1OCC. The van der Waals surface area contributed by atoms with Gasteiger partial charge in [-0.3, -0.25) is 4.79 Å². The predicted molar refractivity (Wildman–Crippen MR) is 68.6 cm³/mol. The molecule has 1 rings (SSSR count). The minimum absolute atomic E-state index is 0.441. The van der Waals surface area contributed by atoms with Gasteiger partial charge in [-0.2, -0.15) is 0 Å². The van der Waals surface area contributed by atoms with Crippen molar-refractivity contribution >= 4 is 5.97 Å². The first kappa shape index (κ1) is 14.5. The fraction of sp³-hybridized carbons (Fsp3) is 0.500. The average molecular weight is 252 g/mol. The number of ether oxygens (including phenoxy) is 1. The molecule has 2 atom stereocenters. The van der Waals surface area contributed by atoms with Crippen LogP contribution >= 0.6 is 0 Å². The number of hydrogen-bond acceptors (Lipinski definition) is 3. The molecule has 0 fully saturated rings. The van der Waals surface area contributed by atoms with Crippen LogP contribution in [0.3, 0.4) is 0 Å². The Morgan fingerprint density at radius 2 is 2.00 bits per heavy atom. The third-order valence-electron chi connectivity index (χ3n) is 2.84. The molecule has 0 saturated carbocycles. The zero-order chi connectivity index (χ0) is 13.5. The lowest BCUT2D eigenvalue weighted by Gasteiger charge is -2.21. The van der Waals surface area contributed by atoms with Crippen molar-refractivity contribution in [3.63, 3.8) is 0 Å². The van der Waals surface area contributed by atoms with E-state index in [1.54, 1.807) is 24.3 Å². The van der Waals surface area contributed by atoms with Crippen LogP contribution in [0.4, 0.5) is 0 Å². The van der Waals surface area contributed by atoms with Crippen molar-refractivity contribution in [3.05, 3.63) is 29.8 Å². The molecule has 4 nitrogen and oxygen atoms in total. The van der Waals surface area contributed by atoms with Crippen molar-refractivity contribution in [3.8, 4) is 5.75 Å². The minimum atomic E-state index is -1.04. The minimum Gasteiger partial charge on any atom is -0.493 e. The Morgan fingerprint density at radius 1 is 1.33 bits per heavy atom. The lowest BCUT2D eigenvalue weighted by atomic mass is 9.91. The molecule has 0 aliphatic heterocycles. The quantitative estimate of drug-likeness (QED) is 0.782. The summed E-state index contributed by atoms with van der Waals surface area (Å²) < 4.78 is 5.41. The summed E-state index contributed by atoms with van der Waals surface area (Å²) in [5.41, 5.74) is 0.542. The van der Waals surface area contributed by atoms with E-state index in [9.17, 15) is 9.90 Å². The smallest absolute Gasteiger partial charge is 0.309 e. The van der Waals surface area contributed by atoms with Crippen LogP contribution in [0, 0.1) is 5.92 Å². The highest BCUT2D eigenvalue weighted by atomic mass is 16.5. The highest BCUT2D eigenvalue weighted by Gasteiger charge is 2.28. The fourth-order valence-corrected chi connectivity index (χ4v) is 1.96. The third kappa shape index (κ3) is 3.47. The highest BCUT2D eigenvalue weighted by Crippen LogP contribution is 2.32. The topological polar surface area (TPSA) is 66.8 Å². The summed E-state index contributed by atoms with van der Waals surface area (Å²) in [7, 11) is 0. The van der Waals surface area contributed by atoms with Crippen molar-refractivity contribution < 1.29 is 19.7 Å². The van der Waals surface area contributed by atoms with Crippen LogP contribution in [0.5, 0.6) is 5.75 Å². The Morgan fingerprint density at radius 3 is 2.56 bits per heavy atom. The number of carboxylic acid groups (broad SMARTS) is 1. The summed E-state index contributed by atoms with van der Waals surface area (Å²) in [5, 5.41) is 19.4. The number of rotatable bonds is 7. The zero-order valence-electron chi connectivity index (χ0n) is 10.8. The van der Waals surface area contributed by atoms with Crippen LogP contribution in [-0.4, -0.2) is 22.8 Å². The molecule has 2 N–H and O–H groups in total. The molecular weight excluding hydrogens is 232 g/mol. The van der Waals surface area contributed by atoms with Crippen LogP contribution in [0.15, 0.2) is 24.3 Å². The van der Waals surface area contributed by atoms with Crippen molar-refractivity contribution in [1.82, 2.24) is 0 Å². The van der Waals surface area contributed by atoms with E-state index in [0.29, 0.717) is 30.8 Å². The van der Waals surface area contributed by atoms with Gasteiger partial charge in [-0.05, 0) is 19.4 Å². The molecule has 0 radical (unpaired) electrons. The molecule has 0 aliphatic carbocycles. The lowest BCUT2D eigenvalue weighted by Crippen LogP contribution is -2.22. The summed E-state index contributed by atoms with van der Waals surface area (Å²) in [6.07, 6.45) is 0.118. The van der Waals surface area contributed by atoms with Gasteiger partial charge in [0.25, 0.3) is 0 Å². The first-order chi connectivity index (χ1) is 8.61. The van der Waals surface area contributed by atoms with Gasteiger partial charge in [0.2, 0.25) is 0 Å². The number of benzene rings is 1. The molecule has 0 aliphatic rings. The predicted octanol–water partition coefficient (Wildman–Crippen LogP) is 2.62. The van der Waals surface area contributed by atoms with E-state index in [0.717, 1.165) is 0 Å². The number of hydrogen-bond donors (Lipinski definition) is 2. The molecule has 0 heterocycles. The number of aliphatic hydroxyl groups excluding tert-OH is 1. The van der Waals surface area contributed by atoms with E-state index < -0.39 is 18.0 Å². The largest absolute Gasteiger partial charge is 0.493 e. The molecule has 0 bridgehead atoms. The normalized spacial score (nSPS) is 13.9. The summed E-state index contributed by atoms with van der Waals surface area (Å²) >= 11 is 0. The van der Waals surface area contributed by atoms with Crippen molar-refractivity contribution in [2.75, 3.05) is 6.61 Å². The highest BCUT2D eigenvalue weighted by molar-refractivity contribution is 5.71. The molecule has 100 valence electrons. The second kappa shape index (κ2) is 7.01. The summed E-state index contributed by atoms with van der Waals surface area (Å²) in [6, 6.07) is 7.02. The van der Waals surface area contributed by atoms with E-state index >= 15 is 0 Å². The Hall–Kier alpha value is -1.55. The van der Waals surface area contributed by atoms with Gasteiger partial charge in [0.05, 0.1) is 18.6 Å². The molecule has 0 aromatic heterocycles. The molecule has 1 aromatic carbocycles. The van der Waals surface area contributed by atoms with Gasteiger partial charge in [0.15, 0.2) is 0 Å². The fourth-order valence-electron chi connectivity index (χ4n) is 1.96. The van der Waals surface area contributed by atoms with Gasteiger partial charge < -0.3 is 14.9 Å². The lowest BCUT2D eigenvalue weighted by molar-refractivity contribution is -0.146. The molecule has 1 aromatic rings. The van der Waals surface area contributed by atoms with Gasteiger partial charge in [-0.15, -0.1) is 0 Å². The summed E-state index contributed by atoms with van der Waals surface area (Å²) in [6.45, 7) is 4.23. The second-order valence-corrected chi connectivity index (χ2v) is 4.15. The van der Waals surface area contributed by atoms with Gasteiger partial charge in [-0.1, -0.05) is 31.5 Å². The second-order valence-electron chi connectivity index (χ2n) is 4.15. The number of aliphatic hydroxyl groups is 1. The van der Waals surface area contributed by atoms with Crippen LogP contribution in [-0.2, 0) is 4.79 Å². The zero-order valence-corrected chi connectivity index (χ0v) is 10.8. The average Bonchev–Trinajstić information content (AvgIpc) is 2.36. The Labute approximate surface area is 107 Å². The Bertz CT molecular complexity index is 389. The maximum atomic E-state index is 11.2. The van der Waals surface area contributed by atoms with Crippen LogP contribution in [0.1, 0.15) is 38.4 Å². The Kier molecular flexibility index (Phi) is 5.65. The van der Waals surface area contributed by atoms with Crippen molar-refractivity contribution in [2.45, 2.75) is 32.8 Å². The molecule has 2 unspecified atom stereocenters. The molecule has 18 heavy (non-hydrogen) atoms. The first-order valence-corrected chi connectivity index (χ1v) is 6.24. The number of para-hydroxylation sites is 1. The van der Waals surface area contributed by atoms with E-state index in [2.05, 4.69) is 0 Å². The maximum absolute atomic E-state index is 11.2. The van der Waals surface area contributed by atoms with Crippen LogP contribution < -0.4 is 4.74 Å². The summed E-state index contributed by atoms with van der Waals surface area (Å²) in [5.74, 6) is -1.22. The number of aliphatic carboxylic acids is 1. The molecule has 0 spiro atoms. The standard InChI is InChI=1S/C14H20O4/c1-3-7-11(14(16)17)13(15)10-8-5-6-9-12(10)18-4-2/h5-6,8-9,11,13,15H,3-4,7H2,1-2H3,(H,16,17). The monoisotopic (exact) mass is 252 g/mol. The van der Waals surface area contributed by atoms with E-state index in [-0.39, 0.29) is 0 Å². The first-order valence-electron chi connectivity index (χ1n) is 6.24. The molecule has 0 saturated heterocycles. The third-order valence-corrected chi connectivity index (χ3v) is 2.84. The van der Waals surface area contributed by atoms with E-state index in [1.807, 2.05) is 13.8 Å². The van der Waals surface area contributed by atoms with Crippen LogP contribution in [0.2, 0.25) is 0 Å². The summed E-state index contributed by atoms with van der Waals surface area (Å²) in [4.78, 5) is 11.2. The van der Waals surface area contributed by atoms with E-state index in [1.165, 1.54) is 0 Å². The van der Waals surface area contributed by atoms with Crippen molar-refractivity contribution in [1.29, 1.82) is 0 Å². The maximum Gasteiger partial charge on any atom is 0.309 e. The molecular formula is C14H20O4. The Balaban J connectivity index is 2.99. The van der Waals surface area contributed by atoms with Gasteiger partial charge in [-0.25, -0.2) is 0 Å². The van der Waals surface area contributed by atoms with Gasteiger partial charge in [0, 0.05) is 5.56 Å². The van der Waals surface area contributed by atoms with Crippen LogP contribution in [0.25, 0.3) is 0 Å².